The van der Waals surface area contributed by atoms with E-state index in [2.05, 4.69) is 15.6 Å². The Balaban J connectivity index is 1.90. The molecule has 136 valence electrons. The summed E-state index contributed by atoms with van der Waals surface area (Å²) in [6, 6.07) is 9.92. The van der Waals surface area contributed by atoms with Crippen LogP contribution in [0.5, 0.6) is 0 Å². The van der Waals surface area contributed by atoms with E-state index in [1.54, 1.807) is 0 Å². The van der Waals surface area contributed by atoms with Crippen molar-refractivity contribution in [3.63, 3.8) is 0 Å². The molecule has 0 spiro atoms. The van der Waals surface area contributed by atoms with Crippen LogP contribution in [0.4, 0.5) is 0 Å². The van der Waals surface area contributed by atoms with E-state index in [1.165, 1.54) is 0 Å². The first-order chi connectivity index (χ1) is 12.2. The van der Waals surface area contributed by atoms with Crippen molar-refractivity contribution in [2.24, 2.45) is 4.99 Å². The lowest BCUT2D eigenvalue weighted by atomic mass is 10.2. The molecule has 1 aromatic heterocycles. The summed E-state index contributed by atoms with van der Waals surface area (Å²) < 4.78 is 5.78. The number of aliphatic imine (C=N–C) groups is 1. The zero-order valence-electron chi connectivity index (χ0n) is 15.3. The number of furan rings is 1. The quantitative estimate of drug-likeness (QED) is 0.571. The standard InChI is InChI=1S/C19H28N4O2/c1-4-20-19(21-12-11-18(24)23(5-2)6-3)22-14-16-13-15-9-7-8-10-17(15)25-16/h7-10,13H,4-6,11-12,14H2,1-3H3,(H2,20,21,22). The van der Waals surface area contributed by atoms with Gasteiger partial charge in [0.15, 0.2) is 5.96 Å². The predicted molar refractivity (Wildman–Crippen MR) is 102 cm³/mol. The molecule has 0 fully saturated rings. The number of fused-ring (bicyclic) bond motifs is 1. The number of amides is 1. The average Bonchev–Trinajstić information content (AvgIpc) is 3.03. The number of benzene rings is 1. The van der Waals surface area contributed by atoms with Crippen LogP contribution in [-0.2, 0) is 11.3 Å². The van der Waals surface area contributed by atoms with Gasteiger partial charge in [0.25, 0.3) is 0 Å². The van der Waals surface area contributed by atoms with E-state index in [0.717, 1.165) is 36.4 Å². The first-order valence-electron chi connectivity index (χ1n) is 8.95. The van der Waals surface area contributed by atoms with Gasteiger partial charge in [-0.25, -0.2) is 4.99 Å². The van der Waals surface area contributed by atoms with Gasteiger partial charge in [-0.05, 0) is 32.9 Å². The Bertz CT molecular complexity index is 671. The maximum Gasteiger partial charge on any atom is 0.224 e. The molecule has 1 heterocycles. The third-order valence-corrected chi connectivity index (χ3v) is 3.96. The van der Waals surface area contributed by atoms with Crippen LogP contribution in [0.25, 0.3) is 11.0 Å². The van der Waals surface area contributed by atoms with Crippen LogP contribution in [0.2, 0.25) is 0 Å². The van der Waals surface area contributed by atoms with Crippen molar-refractivity contribution in [2.75, 3.05) is 26.2 Å². The summed E-state index contributed by atoms with van der Waals surface area (Å²) in [6.07, 6.45) is 0.455. The van der Waals surface area contributed by atoms with Crippen LogP contribution < -0.4 is 10.6 Å². The van der Waals surface area contributed by atoms with Gasteiger partial charge in [-0.2, -0.15) is 0 Å². The number of carbonyl (C=O) groups is 1. The molecule has 0 radical (unpaired) electrons. The smallest absolute Gasteiger partial charge is 0.224 e. The molecule has 2 aromatic rings. The van der Waals surface area contributed by atoms with Gasteiger partial charge in [0.05, 0.1) is 0 Å². The monoisotopic (exact) mass is 344 g/mol. The highest BCUT2D eigenvalue weighted by atomic mass is 16.3. The van der Waals surface area contributed by atoms with Crippen molar-refractivity contribution in [3.05, 3.63) is 36.1 Å². The number of nitrogens with zero attached hydrogens (tertiary/aromatic N) is 2. The van der Waals surface area contributed by atoms with Crippen LogP contribution >= 0.6 is 0 Å². The van der Waals surface area contributed by atoms with Crippen LogP contribution in [0, 0.1) is 0 Å². The van der Waals surface area contributed by atoms with E-state index < -0.39 is 0 Å². The first kappa shape index (κ1) is 18.8. The van der Waals surface area contributed by atoms with Gasteiger partial charge in [-0.1, -0.05) is 18.2 Å². The molecule has 2 rings (SSSR count). The summed E-state index contributed by atoms with van der Waals surface area (Å²) in [5.41, 5.74) is 0.871. The Morgan fingerprint density at radius 3 is 2.60 bits per heavy atom. The van der Waals surface area contributed by atoms with Gasteiger partial charge in [0.2, 0.25) is 5.91 Å². The highest BCUT2D eigenvalue weighted by Crippen LogP contribution is 2.19. The second kappa shape index (κ2) is 9.71. The Kier molecular flexibility index (Phi) is 7.32. The van der Waals surface area contributed by atoms with Gasteiger partial charge < -0.3 is 20.0 Å². The SMILES string of the molecule is CCNC(=NCc1cc2ccccc2o1)NCCC(=O)N(CC)CC. The third-order valence-electron chi connectivity index (χ3n) is 3.96. The van der Waals surface area contributed by atoms with Crippen molar-refractivity contribution in [2.45, 2.75) is 33.7 Å². The Labute approximate surface area is 149 Å². The van der Waals surface area contributed by atoms with E-state index >= 15 is 0 Å². The molecule has 0 bridgehead atoms. The molecule has 2 N–H and O–H groups in total. The first-order valence-corrected chi connectivity index (χ1v) is 8.95. The lowest BCUT2D eigenvalue weighted by molar-refractivity contribution is -0.130. The molecule has 1 aromatic carbocycles. The molecule has 6 heteroatoms. The van der Waals surface area contributed by atoms with E-state index in [-0.39, 0.29) is 5.91 Å². The van der Waals surface area contributed by atoms with Crippen molar-refractivity contribution in [1.82, 2.24) is 15.5 Å². The van der Waals surface area contributed by atoms with Crippen molar-refractivity contribution in [3.8, 4) is 0 Å². The summed E-state index contributed by atoms with van der Waals surface area (Å²) in [6.45, 7) is 9.26. The Hall–Kier alpha value is -2.50. The number of guanidine groups is 1. The van der Waals surface area contributed by atoms with Gasteiger partial charge in [-0.15, -0.1) is 0 Å². The molecule has 0 saturated carbocycles. The van der Waals surface area contributed by atoms with Crippen LogP contribution in [-0.4, -0.2) is 42.9 Å². The molecule has 0 saturated heterocycles. The predicted octanol–water partition coefficient (Wildman–Crippen LogP) is 2.75. The molecule has 0 unspecified atom stereocenters. The topological polar surface area (TPSA) is 69.9 Å². The fourth-order valence-corrected chi connectivity index (χ4v) is 2.64. The van der Waals surface area contributed by atoms with Crippen molar-refractivity contribution < 1.29 is 9.21 Å². The maximum absolute atomic E-state index is 12.0. The molecule has 25 heavy (non-hydrogen) atoms. The van der Waals surface area contributed by atoms with E-state index in [4.69, 9.17) is 4.42 Å². The molecule has 1 amide bonds. The summed E-state index contributed by atoms with van der Waals surface area (Å²) in [5.74, 6) is 1.67. The number of hydrogen-bond donors (Lipinski definition) is 2. The average molecular weight is 344 g/mol. The van der Waals surface area contributed by atoms with Gasteiger partial charge >= 0.3 is 0 Å². The maximum atomic E-state index is 12.0. The van der Waals surface area contributed by atoms with Gasteiger partial charge in [0.1, 0.15) is 17.9 Å². The summed E-state index contributed by atoms with van der Waals surface area (Å²) in [4.78, 5) is 18.4. The minimum Gasteiger partial charge on any atom is -0.459 e. The fraction of sp³-hybridized carbons (Fsp3) is 0.474. The molecule has 0 aliphatic heterocycles. The Morgan fingerprint density at radius 1 is 1.16 bits per heavy atom. The lowest BCUT2D eigenvalue weighted by Crippen LogP contribution is -2.40. The molecular formula is C19H28N4O2. The highest BCUT2D eigenvalue weighted by Gasteiger charge is 2.09. The summed E-state index contributed by atoms with van der Waals surface area (Å²) in [7, 11) is 0. The molecule has 0 aliphatic carbocycles. The zero-order chi connectivity index (χ0) is 18.1. The third kappa shape index (κ3) is 5.52. The number of rotatable bonds is 8. The fourth-order valence-electron chi connectivity index (χ4n) is 2.64. The Morgan fingerprint density at radius 2 is 1.92 bits per heavy atom. The van der Waals surface area contributed by atoms with Crippen molar-refractivity contribution in [1.29, 1.82) is 0 Å². The lowest BCUT2D eigenvalue weighted by Gasteiger charge is -2.19. The molecule has 6 nitrogen and oxygen atoms in total. The molecular weight excluding hydrogens is 316 g/mol. The number of nitrogens with one attached hydrogen (secondary N) is 2. The van der Waals surface area contributed by atoms with E-state index in [9.17, 15) is 4.79 Å². The number of para-hydroxylation sites is 1. The van der Waals surface area contributed by atoms with Crippen LogP contribution in [0.1, 0.15) is 33.0 Å². The largest absolute Gasteiger partial charge is 0.459 e. The second-order valence-electron chi connectivity index (χ2n) is 5.69. The summed E-state index contributed by atoms with van der Waals surface area (Å²) in [5, 5.41) is 7.48. The van der Waals surface area contributed by atoms with Gasteiger partial charge in [-0.3, -0.25) is 4.79 Å². The normalized spacial score (nSPS) is 11.6. The minimum atomic E-state index is 0.158. The second-order valence-corrected chi connectivity index (χ2v) is 5.69. The van der Waals surface area contributed by atoms with Crippen LogP contribution in [0.3, 0.4) is 0 Å². The number of carbonyl (C=O) groups excluding carboxylic acids is 1. The molecule has 0 atom stereocenters. The molecule has 0 aliphatic rings. The van der Waals surface area contributed by atoms with Crippen LogP contribution in [0.15, 0.2) is 39.7 Å². The zero-order valence-corrected chi connectivity index (χ0v) is 15.3. The van der Waals surface area contributed by atoms with E-state index in [1.807, 2.05) is 56.0 Å². The van der Waals surface area contributed by atoms with E-state index in [0.29, 0.717) is 25.5 Å². The summed E-state index contributed by atoms with van der Waals surface area (Å²) >= 11 is 0. The minimum absolute atomic E-state index is 0.158. The van der Waals surface area contributed by atoms with Crippen molar-refractivity contribution >= 4 is 22.8 Å². The number of hydrogen-bond acceptors (Lipinski definition) is 3. The highest BCUT2D eigenvalue weighted by molar-refractivity contribution is 5.81. The van der Waals surface area contributed by atoms with Gasteiger partial charge in [0, 0.05) is 38.0 Å².